The summed E-state index contributed by atoms with van der Waals surface area (Å²) >= 11 is 0. The maximum atomic E-state index is 11.3. The predicted octanol–water partition coefficient (Wildman–Crippen LogP) is -1.86. The highest BCUT2D eigenvalue weighted by atomic mass is 16.2. The minimum absolute atomic E-state index is 0.0168. The van der Waals surface area contributed by atoms with E-state index in [2.05, 4.69) is 36.1 Å². The molecule has 0 fully saturated rings. The van der Waals surface area contributed by atoms with Gasteiger partial charge in [0.1, 0.15) is 0 Å². The molecule has 0 radical (unpaired) electrons. The van der Waals surface area contributed by atoms with Crippen LogP contribution >= 0.6 is 0 Å². The second kappa shape index (κ2) is 3.92. The SMILES string of the molecule is CC(Nc1n[nH]c(=O)[nH]c1=O)c1nn[nH]n1. The Morgan fingerprint density at radius 2 is 2.12 bits per heavy atom. The molecular formula is C6H8N8O2. The lowest BCUT2D eigenvalue weighted by Crippen LogP contribution is -2.27. The molecule has 0 aromatic carbocycles. The summed E-state index contributed by atoms with van der Waals surface area (Å²) in [5, 5.41) is 21.5. The molecule has 0 amide bonds. The molecule has 4 N–H and O–H groups in total. The van der Waals surface area contributed by atoms with Gasteiger partial charge in [-0.15, -0.1) is 15.3 Å². The van der Waals surface area contributed by atoms with Gasteiger partial charge in [0.05, 0.1) is 6.04 Å². The zero-order valence-electron chi connectivity index (χ0n) is 8.18. The molecule has 2 aromatic rings. The van der Waals surface area contributed by atoms with Crippen LogP contribution in [0.2, 0.25) is 0 Å². The molecule has 0 saturated heterocycles. The van der Waals surface area contributed by atoms with Crippen LogP contribution in [0.15, 0.2) is 9.59 Å². The van der Waals surface area contributed by atoms with Crippen LogP contribution in [0.1, 0.15) is 18.8 Å². The van der Waals surface area contributed by atoms with Crippen LogP contribution in [0.4, 0.5) is 5.82 Å². The molecule has 0 bridgehead atoms. The molecule has 10 heteroatoms. The van der Waals surface area contributed by atoms with E-state index in [0.717, 1.165) is 0 Å². The van der Waals surface area contributed by atoms with E-state index in [9.17, 15) is 9.59 Å². The summed E-state index contributed by atoms with van der Waals surface area (Å²) in [5.41, 5.74) is -1.28. The van der Waals surface area contributed by atoms with E-state index >= 15 is 0 Å². The Labute approximate surface area is 87.5 Å². The van der Waals surface area contributed by atoms with Crippen molar-refractivity contribution in [1.29, 1.82) is 0 Å². The number of tetrazole rings is 1. The molecule has 0 saturated carbocycles. The van der Waals surface area contributed by atoms with E-state index < -0.39 is 11.2 Å². The lowest BCUT2D eigenvalue weighted by molar-refractivity contribution is 0.770. The summed E-state index contributed by atoms with van der Waals surface area (Å²) in [6.45, 7) is 1.72. The normalized spacial score (nSPS) is 12.3. The summed E-state index contributed by atoms with van der Waals surface area (Å²) in [6.07, 6.45) is 0. The fourth-order valence-electron chi connectivity index (χ4n) is 1.07. The standard InChI is InChI=1S/C6H8N8O2/c1-2(3-10-13-14-11-3)7-4-5(15)8-6(16)12-9-4/h2H,1H3,(H,7,9)(H2,8,12,15,16)(H,10,11,13,14). The van der Waals surface area contributed by atoms with Gasteiger partial charge in [-0.25, -0.2) is 9.89 Å². The van der Waals surface area contributed by atoms with Crippen LogP contribution < -0.4 is 16.6 Å². The molecule has 2 aromatic heterocycles. The van der Waals surface area contributed by atoms with Gasteiger partial charge in [0.15, 0.2) is 5.82 Å². The summed E-state index contributed by atoms with van der Waals surface area (Å²) in [4.78, 5) is 24.0. The number of H-pyrrole nitrogens is 3. The van der Waals surface area contributed by atoms with E-state index in [4.69, 9.17) is 0 Å². The number of nitrogens with one attached hydrogen (secondary N) is 4. The fourth-order valence-corrected chi connectivity index (χ4v) is 1.07. The van der Waals surface area contributed by atoms with Gasteiger partial charge in [0, 0.05) is 0 Å². The molecular weight excluding hydrogens is 216 g/mol. The number of anilines is 1. The third-order valence-electron chi connectivity index (χ3n) is 1.81. The van der Waals surface area contributed by atoms with Gasteiger partial charge in [-0.2, -0.15) is 5.21 Å². The first-order valence-corrected chi connectivity index (χ1v) is 4.35. The Hall–Kier alpha value is -2.52. The third kappa shape index (κ3) is 1.94. The zero-order chi connectivity index (χ0) is 11.5. The van der Waals surface area contributed by atoms with E-state index in [0.29, 0.717) is 5.82 Å². The lowest BCUT2D eigenvalue weighted by atomic mass is 10.3. The first kappa shape index (κ1) is 10.0. The van der Waals surface area contributed by atoms with Crippen molar-refractivity contribution in [3.05, 3.63) is 26.7 Å². The van der Waals surface area contributed by atoms with Crippen LogP contribution in [0.5, 0.6) is 0 Å². The Balaban J connectivity index is 2.21. The van der Waals surface area contributed by atoms with Crippen molar-refractivity contribution in [3.63, 3.8) is 0 Å². The van der Waals surface area contributed by atoms with Gasteiger partial charge in [-0.3, -0.25) is 9.78 Å². The Kier molecular flexibility index (Phi) is 2.45. The number of aromatic amines is 3. The molecule has 0 spiro atoms. The second-order valence-corrected chi connectivity index (χ2v) is 2.99. The monoisotopic (exact) mass is 224 g/mol. The van der Waals surface area contributed by atoms with Crippen molar-refractivity contribution >= 4 is 5.82 Å². The first-order valence-electron chi connectivity index (χ1n) is 4.35. The predicted molar refractivity (Wildman–Crippen MR) is 51.7 cm³/mol. The smallest absolute Gasteiger partial charge is 0.342 e. The average Bonchev–Trinajstić information content (AvgIpc) is 2.75. The number of hydrogen-bond acceptors (Lipinski definition) is 7. The van der Waals surface area contributed by atoms with Crippen molar-refractivity contribution in [1.82, 2.24) is 35.8 Å². The number of nitrogens with zero attached hydrogens (tertiary/aromatic N) is 4. The Morgan fingerprint density at radius 3 is 2.75 bits per heavy atom. The molecule has 2 rings (SSSR count). The quantitative estimate of drug-likeness (QED) is 0.478. The van der Waals surface area contributed by atoms with Crippen molar-refractivity contribution in [2.24, 2.45) is 0 Å². The van der Waals surface area contributed by atoms with Gasteiger partial charge in [-0.1, -0.05) is 5.21 Å². The van der Waals surface area contributed by atoms with Crippen molar-refractivity contribution in [3.8, 4) is 0 Å². The van der Waals surface area contributed by atoms with Crippen molar-refractivity contribution in [2.75, 3.05) is 5.32 Å². The van der Waals surface area contributed by atoms with Crippen molar-refractivity contribution in [2.45, 2.75) is 13.0 Å². The van der Waals surface area contributed by atoms with Gasteiger partial charge >= 0.3 is 5.69 Å². The van der Waals surface area contributed by atoms with E-state index in [-0.39, 0.29) is 11.9 Å². The highest BCUT2D eigenvalue weighted by molar-refractivity contribution is 5.31. The van der Waals surface area contributed by atoms with Crippen LogP contribution in [0.25, 0.3) is 0 Å². The topological polar surface area (TPSA) is 145 Å². The molecule has 10 nitrogen and oxygen atoms in total. The molecule has 84 valence electrons. The molecule has 0 aliphatic heterocycles. The van der Waals surface area contributed by atoms with Gasteiger partial charge in [0.25, 0.3) is 5.56 Å². The van der Waals surface area contributed by atoms with Crippen LogP contribution in [-0.2, 0) is 0 Å². The fraction of sp³-hybridized carbons (Fsp3) is 0.333. The summed E-state index contributed by atoms with van der Waals surface area (Å²) in [5.74, 6) is 0.365. The second-order valence-electron chi connectivity index (χ2n) is 2.99. The number of hydrogen-bond donors (Lipinski definition) is 4. The minimum Gasteiger partial charge on any atom is -0.354 e. The maximum Gasteiger partial charge on any atom is 0.342 e. The summed E-state index contributed by atoms with van der Waals surface area (Å²) < 4.78 is 0. The zero-order valence-corrected chi connectivity index (χ0v) is 8.18. The molecule has 0 aliphatic carbocycles. The van der Waals surface area contributed by atoms with E-state index in [1.54, 1.807) is 6.92 Å². The van der Waals surface area contributed by atoms with E-state index in [1.807, 2.05) is 4.98 Å². The molecule has 1 atom stereocenters. The van der Waals surface area contributed by atoms with Gasteiger partial charge in [-0.05, 0) is 6.92 Å². The Bertz CT molecular complexity index is 569. The molecule has 16 heavy (non-hydrogen) atoms. The average molecular weight is 224 g/mol. The number of rotatable bonds is 3. The maximum absolute atomic E-state index is 11.3. The van der Waals surface area contributed by atoms with Crippen molar-refractivity contribution < 1.29 is 0 Å². The first-order chi connectivity index (χ1) is 7.66. The summed E-state index contributed by atoms with van der Waals surface area (Å²) in [6, 6.07) is -0.363. The van der Waals surface area contributed by atoms with Gasteiger partial charge < -0.3 is 5.32 Å². The van der Waals surface area contributed by atoms with Crippen LogP contribution in [0, 0.1) is 0 Å². The largest absolute Gasteiger partial charge is 0.354 e. The molecule has 0 aliphatic rings. The third-order valence-corrected chi connectivity index (χ3v) is 1.81. The highest BCUT2D eigenvalue weighted by Crippen LogP contribution is 2.08. The highest BCUT2D eigenvalue weighted by Gasteiger charge is 2.12. The van der Waals surface area contributed by atoms with Crippen LogP contribution in [-0.4, -0.2) is 35.8 Å². The lowest BCUT2D eigenvalue weighted by Gasteiger charge is -2.08. The molecule has 2 heterocycles. The molecule has 1 unspecified atom stereocenters. The van der Waals surface area contributed by atoms with E-state index in [1.165, 1.54) is 0 Å². The number of aromatic nitrogens is 7. The van der Waals surface area contributed by atoms with Gasteiger partial charge in [0.2, 0.25) is 5.82 Å². The minimum atomic E-state index is -0.664. The summed E-state index contributed by atoms with van der Waals surface area (Å²) in [7, 11) is 0. The van der Waals surface area contributed by atoms with Crippen LogP contribution in [0.3, 0.4) is 0 Å². The Morgan fingerprint density at radius 1 is 1.31 bits per heavy atom.